The van der Waals surface area contributed by atoms with Crippen LogP contribution in [0.25, 0.3) is 0 Å². The van der Waals surface area contributed by atoms with Crippen LogP contribution in [0.2, 0.25) is 0 Å². The molecule has 1 saturated heterocycles. The van der Waals surface area contributed by atoms with Crippen molar-refractivity contribution in [3.05, 3.63) is 18.2 Å². The second kappa shape index (κ2) is 6.60. The summed E-state index contributed by atoms with van der Waals surface area (Å²) >= 11 is 0. The highest BCUT2D eigenvalue weighted by Crippen LogP contribution is 2.19. The average Bonchev–Trinajstić information content (AvgIpc) is 2.97. The van der Waals surface area contributed by atoms with Crippen molar-refractivity contribution in [2.24, 2.45) is 0 Å². The molecule has 2 heterocycles. The Bertz CT molecular complexity index is 594. The van der Waals surface area contributed by atoms with Crippen LogP contribution in [0, 0.1) is 6.92 Å². The molecule has 1 fully saturated rings. The molecule has 0 spiro atoms. The van der Waals surface area contributed by atoms with E-state index in [9.17, 15) is 13.2 Å². The average molecular weight is 313 g/mol. The lowest BCUT2D eigenvalue weighted by Gasteiger charge is -2.28. The van der Waals surface area contributed by atoms with E-state index in [1.165, 1.54) is 0 Å². The molecule has 1 aromatic rings. The zero-order chi connectivity index (χ0) is 15.5. The number of sulfone groups is 1. The highest BCUT2D eigenvalue weighted by Gasteiger charge is 2.34. The summed E-state index contributed by atoms with van der Waals surface area (Å²) in [6, 6.07) is -0.169. The second-order valence-electron chi connectivity index (χ2n) is 5.60. The van der Waals surface area contributed by atoms with Crippen molar-refractivity contribution in [3.63, 3.8) is 0 Å². The van der Waals surface area contributed by atoms with Gasteiger partial charge in [0.25, 0.3) is 0 Å². The van der Waals surface area contributed by atoms with Gasteiger partial charge < -0.3 is 9.47 Å². The van der Waals surface area contributed by atoms with Crippen LogP contribution in [0.5, 0.6) is 0 Å². The van der Waals surface area contributed by atoms with Crippen molar-refractivity contribution in [1.29, 1.82) is 0 Å². The number of hydrogen-bond donors (Lipinski definition) is 0. The minimum atomic E-state index is -2.98. The third-order valence-electron chi connectivity index (χ3n) is 3.95. The van der Waals surface area contributed by atoms with E-state index in [0.717, 1.165) is 18.7 Å². The molecule has 0 radical (unpaired) electrons. The van der Waals surface area contributed by atoms with Crippen molar-refractivity contribution in [1.82, 2.24) is 14.5 Å². The highest BCUT2D eigenvalue weighted by atomic mass is 32.2. The minimum Gasteiger partial charge on any atom is -0.337 e. The van der Waals surface area contributed by atoms with E-state index in [1.807, 2.05) is 6.92 Å². The molecule has 0 aliphatic carbocycles. The number of imidazole rings is 1. The Balaban J connectivity index is 2.08. The summed E-state index contributed by atoms with van der Waals surface area (Å²) in [5.41, 5.74) is 0. The third-order valence-corrected chi connectivity index (χ3v) is 5.70. The molecule has 7 heteroatoms. The van der Waals surface area contributed by atoms with Gasteiger partial charge in [-0.15, -0.1) is 0 Å². The number of carbonyl (C=O) groups is 1. The normalized spacial score (nSPS) is 20.6. The molecular weight excluding hydrogens is 290 g/mol. The maximum absolute atomic E-state index is 12.5. The zero-order valence-electron chi connectivity index (χ0n) is 12.7. The van der Waals surface area contributed by atoms with Gasteiger partial charge >= 0.3 is 0 Å². The summed E-state index contributed by atoms with van der Waals surface area (Å²) in [6.07, 6.45) is 5.87. The number of rotatable bonds is 6. The van der Waals surface area contributed by atoms with Gasteiger partial charge in [0, 0.05) is 25.0 Å². The molecule has 2 rings (SSSR count). The van der Waals surface area contributed by atoms with Crippen LogP contribution < -0.4 is 0 Å². The van der Waals surface area contributed by atoms with Crippen molar-refractivity contribution < 1.29 is 13.2 Å². The molecule has 118 valence electrons. The second-order valence-corrected chi connectivity index (χ2v) is 7.83. The number of nitrogens with zero attached hydrogens (tertiary/aromatic N) is 3. The van der Waals surface area contributed by atoms with Crippen LogP contribution >= 0.6 is 0 Å². The first-order valence-corrected chi connectivity index (χ1v) is 9.22. The van der Waals surface area contributed by atoms with E-state index in [0.29, 0.717) is 13.0 Å². The first-order chi connectivity index (χ1) is 9.93. The van der Waals surface area contributed by atoms with Gasteiger partial charge in [-0.2, -0.15) is 0 Å². The molecule has 0 bridgehead atoms. The Labute approximate surface area is 126 Å². The minimum absolute atomic E-state index is 0.0216. The fourth-order valence-electron chi connectivity index (χ4n) is 2.67. The third kappa shape index (κ3) is 4.06. The predicted octanol–water partition coefficient (Wildman–Crippen LogP) is 1.01. The number of aromatic nitrogens is 2. The van der Waals surface area contributed by atoms with Gasteiger partial charge in [0.05, 0.1) is 11.5 Å². The Morgan fingerprint density at radius 1 is 1.52 bits per heavy atom. The molecular formula is C14H23N3O3S. The van der Waals surface area contributed by atoms with Crippen molar-refractivity contribution in [2.45, 2.75) is 45.7 Å². The van der Waals surface area contributed by atoms with Crippen LogP contribution in [-0.4, -0.2) is 52.9 Å². The predicted molar refractivity (Wildman–Crippen MR) is 80.6 cm³/mol. The van der Waals surface area contributed by atoms with Gasteiger partial charge in [-0.1, -0.05) is 13.3 Å². The van der Waals surface area contributed by atoms with Gasteiger partial charge in [-0.05, 0) is 19.8 Å². The van der Waals surface area contributed by atoms with E-state index in [-0.39, 0.29) is 30.0 Å². The van der Waals surface area contributed by atoms with E-state index in [2.05, 4.69) is 11.9 Å². The van der Waals surface area contributed by atoms with Crippen molar-refractivity contribution in [3.8, 4) is 0 Å². The molecule has 0 aromatic carbocycles. The van der Waals surface area contributed by atoms with E-state index in [1.54, 1.807) is 21.9 Å². The number of hydrogen-bond acceptors (Lipinski definition) is 4. The molecule has 0 unspecified atom stereocenters. The first-order valence-electron chi connectivity index (χ1n) is 7.40. The maximum Gasteiger partial charge on any atom is 0.242 e. The number of unbranched alkanes of at least 4 members (excludes halogenated alkanes) is 1. The lowest BCUT2D eigenvalue weighted by Crippen LogP contribution is -2.43. The summed E-state index contributed by atoms with van der Waals surface area (Å²) in [5, 5.41) is 0. The van der Waals surface area contributed by atoms with E-state index in [4.69, 9.17) is 0 Å². The van der Waals surface area contributed by atoms with Crippen LogP contribution in [0.1, 0.15) is 32.0 Å². The SMILES string of the molecule is CCCCN(C(=O)Cn1ccnc1C)[C@H]1CCS(=O)(=O)C1. The fraction of sp³-hybridized carbons (Fsp3) is 0.714. The largest absolute Gasteiger partial charge is 0.337 e. The van der Waals surface area contributed by atoms with Crippen LogP contribution in [0.4, 0.5) is 0 Å². The lowest BCUT2D eigenvalue weighted by atomic mass is 10.2. The topological polar surface area (TPSA) is 72.3 Å². The maximum atomic E-state index is 12.5. The summed E-state index contributed by atoms with van der Waals surface area (Å²) in [4.78, 5) is 18.4. The first kappa shape index (κ1) is 16.0. The van der Waals surface area contributed by atoms with Crippen LogP contribution in [0.3, 0.4) is 0 Å². The van der Waals surface area contributed by atoms with E-state index < -0.39 is 9.84 Å². The quantitative estimate of drug-likeness (QED) is 0.785. The summed E-state index contributed by atoms with van der Waals surface area (Å²) in [5.74, 6) is 1.06. The molecule has 1 atom stereocenters. The standard InChI is InChI=1S/C14H23N3O3S/c1-3-4-7-17(13-5-9-21(19,20)11-13)14(18)10-16-8-6-15-12(16)2/h6,8,13H,3-5,7,9-11H2,1-2H3/t13-/m0/s1. The summed E-state index contributed by atoms with van der Waals surface area (Å²) < 4.78 is 25.1. The Morgan fingerprint density at radius 2 is 2.29 bits per heavy atom. The fourth-order valence-corrected chi connectivity index (χ4v) is 4.40. The van der Waals surface area contributed by atoms with Gasteiger partial charge in [-0.25, -0.2) is 13.4 Å². The molecule has 1 amide bonds. The highest BCUT2D eigenvalue weighted by molar-refractivity contribution is 7.91. The van der Waals surface area contributed by atoms with E-state index >= 15 is 0 Å². The monoisotopic (exact) mass is 313 g/mol. The van der Waals surface area contributed by atoms with Gasteiger partial charge in [-0.3, -0.25) is 4.79 Å². The molecule has 21 heavy (non-hydrogen) atoms. The van der Waals surface area contributed by atoms with Gasteiger partial charge in [0.2, 0.25) is 5.91 Å². The Morgan fingerprint density at radius 3 is 2.81 bits per heavy atom. The molecule has 0 N–H and O–H groups in total. The van der Waals surface area contributed by atoms with Crippen LogP contribution in [-0.2, 0) is 21.2 Å². The number of amides is 1. The lowest BCUT2D eigenvalue weighted by molar-refractivity contribution is -0.133. The molecule has 1 aliphatic heterocycles. The van der Waals surface area contributed by atoms with Crippen molar-refractivity contribution in [2.75, 3.05) is 18.1 Å². The van der Waals surface area contributed by atoms with Crippen LogP contribution in [0.15, 0.2) is 12.4 Å². The summed E-state index contributed by atoms with van der Waals surface area (Å²) in [6.45, 7) is 4.77. The molecule has 6 nitrogen and oxygen atoms in total. The zero-order valence-corrected chi connectivity index (χ0v) is 13.5. The molecule has 0 saturated carbocycles. The smallest absolute Gasteiger partial charge is 0.242 e. The number of aryl methyl sites for hydroxylation is 1. The molecule has 1 aliphatic rings. The van der Waals surface area contributed by atoms with Gasteiger partial charge in [0.15, 0.2) is 9.84 Å². The molecule has 1 aromatic heterocycles. The Kier molecular flexibility index (Phi) is 5.03. The summed E-state index contributed by atoms with van der Waals surface area (Å²) in [7, 11) is -2.98. The number of carbonyl (C=O) groups excluding carboxylic acids is 1. The van der Waals surface area contributed by atoms with Gasteiger partial charge in [0.1, 0.15) is 12.4 Å². The Hall–Kier alpha value is -1.37. The van der Waals surface area contributed by atoms with Crippen molar-refractivity contribution >= 4 is 15.7 Å².